The van der Waals surface area contributed by atoms with Gasteiger partial charge in [-0.25, -0.2) is 0 Å². The number of esters is 1. The summed E-state index contributed by atoms with van der Waals surface area (Å²) in [5.74, 6) is -0.124. The minimum absolute atomic E-state index is 0.0270. The van der Waals surface area contributed by atoms with Gasteiger partial charge in [0.2, 0.25) is 0 Å². The third kappa shape index (κ3) is 3.82. The molecule has 106 valence electrons. The normalized spacial score (nSPS) is 30.1. The van der Waals surface area contributed by atoms with Crippen LogP contribution in [0, 0.1) is 5.92 Å². The second-order valence-corrected chi connectivity index (χ2v) is 13.0. The molecule has 0 spiro atoms. The highest BCUT2D eigenvalue weighted by Crippen LogP contribution is 2.39. The van der Waals surface area contributed by atoms with Gasteiger partial charge in [0.1, 0.15) is 5.60 Å². The first kappa shape index (κ1) is 15.7. The molecule has 1 rings (SSSR count). The lowest BCUT2D eigenvalue weighted by atomic mass is 9.87. The van der Waals surface area contributed by atoms with Crippen LogP contribution < -0.4 is 0 Å². The van der Waals surface area contributed by atoms with Gasteiger partial charge in [-0.15, -0.1) is 0 Å². The molecule has 1 fully saturated rings. The van der Waals surface area contributed by atoms with Crippen LogP contribution in [0.3, 0.4) is 0 Å². The Kier molecular flexibility index (Phi) is 4.33. The smallest absolute Gasteiger partial charge is 0.309 e. The van der Waals surface area contributed by atoms with E-state index in [1.54, 1.807) is 0 Å². The van der Waals surface area contributed by atoms with E-state index in [0.717, 1.165) is 25.7 Å². The summed E-state index contributed by atoms with van der Waals surface area (Å²) < 4.78 is 5.42. The van der Waals surface area contributed by atoms with Crippen LogP contribution in [-0.4, -0.2) is 30.0 Å². The number of ether oxygens (including phenoxy) is 1. The summed E-state index contributed by atoms with van der Waals surface area (Å²) in [7, 11) is -1.59. The Hall–Kier alpha value is -0.353. The molecule has 0 bridgehead atoms. The Morgan fingerprint density at radius 3 is 2.00 bits per heavy atom. The van der Waals surface area contributed by atoms with Crippen LogP contribution in [0.5, 0.6) is 0 Å². The van der Waals surface area contributed by atoms with Gasteiger partial charge < -0.3 is 9.84 Å². The summed E-state index contributed by atoms with van der Waals surface area (Å²) in [6.07, 6.45) is 3.00. The highest BCUT2D eigenvalue weighted by Gasteiger charge is 2.45. The van der Waals surface area contributed by atoms with Crippen LogP contribution in [0.4, 0.5) is 0 Å². The van der Waals surface area contributed by atoms with Crippen molar-refractivity contribution in [3.05, 3.63) is 0 Å². The zero-order valence-corrected chi connectivity index (χ0v) is 13.7. The molecule has 0 aliphatic heterocycles. The minimum atomic E-state index is -1.59. The van der Waals surface area contributed by atoms with Gasteiger partial charge in [-0.1, -0.05) is 19.6 Å². The topological polar surface area (TPSA) is 46.5 Å². The molecule has 1 N–H and O–H groups in total. The molecule has 1 aliphatic carbocycles. The van der Waals surface area contributed by atoms with Crippen LogP contribution >= 0.6 is 0 Å². The molecule has 0 aromatic heterocycles. The molecule has 0 atom stereocenters. The molecule has 0 aromatic carbocycles. The van der Waals surface area contributed by atoms with E-state index in [1.165, 1.54) is 0 Å². The predicted molar refractivity (Wildman–Crippen MR) is 76.1 cm³/mol. The maximum atomic E-state index is 12.0. The molecular weight excluding hydrogens is 244 g/mol. The molecular formula is C14H28O3Si. The summed E-state index contributed by atoms with van der Waals surface area (Å²) in [5.41, 5.74) is -0.413. The predicted octanol–water partition coefficient (Wildman–Crippen LogP) is 3.13. The van der Waals surface area contributed by atoms with E-state index < -0.39 is 18.9 Å². The molecule has 3 nitrogen and oxygen atoms in total. The quantitative estimate of drug-likeness (QED) is 0.620. The summed E-state index contributed by atoms with van der Waals surface area (Å²) in [6.45, 7) is 12.3. The van der Waals surface area contributed by atoms with Crippen molar-refractivity contribution >= 4 is 14.0 Å². The maximum Gasteiger partial charge on any atom is 0.309 e. The van der Waals surface area contributed by atoms with Crippen molar-refractivity contribution in [1.29, 1.82) is 0 Å². The summed E-state index contributed by atoms with van der Waals surface area (Å²) >= 11 is 0. The van der Waals surface area contributed by atoms with Gasteiger partial charge in [0.25, 0.3) is 0 Å². The zero-order valence-electron chi connectivity index (χ0n) is 12.7. The second-order valence-electron chi connectivity index (χ2n) is 7.59. The SMILES string of the molecule is CC(C)(C)OC(=O)C1CCC(O)([Si](C)(C)C)CC1. The molecule has 0 radical (unpaired) electrons. The van der Waals surface area contributed by atoms with Crippen molar-refractivity contribution in [3.8, 4) is 0 Å². The van der Waals surface area contributed by atoms with Crippen molar-refractivity contribution in [1.82, 2.24) is 0 Å². The fraction of sp³-hybridized carbons (Fsp3) is 0.929. The standard InChI is InChI=1S/C14H28O3Si/c1-13(2,3)17-12(15)11-7-9-14(16,10-8-11)18(4,5)6/h11,16H,7-10H2,1-6H3. The molecule has 1 aliphatic rings. The fourth-order valence-electron chi connectivity index (χ4n) is 2.47. The van der Waals surface area contributed by atoms with Crippen molar-refractivity contribution in [3.63, 3.8) is 0 Å². The molecule has 0 amide bonds. The molecule has 18 heavy (non-hydrogen) atoms. The Morgan fingerprint density at radius 1 is 1.22 bits per heavy atom. The third-order valence-electron chi connectivity index (χ3n) is 3.95. The van der Waals surface area contributed by atoms with E-state index in [4.69, 9.17) is 4.74 Å². The van der Waals surface area contributed by atoms with Crippen LogP contribution in [0.25, 0.3) is 0 Å². The van der Waals surface area contributed by atoms with Crippen LogP contribution in [0.2, 0.25) is 19.6 Å². The Morgan fingerprint density at radius 2 is 1.67 bits per heavy atom. The van der Waals surface area contributed by atoms with Crippen LogP contribution in [0.1, 0.15) is 46.5 Å². The summed E-state index contributed by atoms with van der Waals surface area (Å²) in [5, 5.41) is 10.1. The van der Waals surface area contributed by atoms with E-state index in [1.807, 2.05) is 20.8 Å². The van der Waals surface area contributed by atoms with Gasteiger partial charge in [0.05, 0.1) is 19.2 Å². The van der Waals surface area contributed by atoms with E-state index >= 15 is 0 Å². The van der Waals surface area contributed by atoms with Crippen LogP contribution in [0.15, 0.2) is 0 Å². The zero-order chi connectivity index (χ0) is 14.2. The summed E-state index contributed by atoms with van der Waals surface area (Å²) in [6, 6.07) is 0. The van der Waals surface area contributed by atoms with Gasteiger partial charge in [-0.3, -0.25) is 4.79 Å². The molecule has 0 aromatic rings. The maximum absolute atomic E-state index is 12.0. The van der Waals surface area contributed by atoms with Gasteiger partial charge >= 0.3 is 5.97 Å². The number of aliphatic hydroxyl groups is 1. The minimum Gasteiger partial charge on any atom is -0.460 e. The average molecular weight is 272 g/mol. The van der Waals surface area contributed by atoms with E-state index in [9.17, 15) is 9.90 Å². The Balaban J connectivity index is 2.57. The second kappa shape index (κ2) is 4.97. The largest absolute Gasteiger partial charge is 0.460 e. The fourth-order valence-corrected chi connectivity index (χ4v) is 4.25. The van der Waals surface area contributed by atoms with Crippen molar-refractivity contribution in [2.24, 2.45) is 5.92 Å². The lowest BCUT2D eigenvalue weighted by Crippen LogP contribution is -2.54. The highest BCUT2D eigenvalue weighted by atomic mass is 28.3. The lowest BCUT2D eigenvalue weighted by molar-refractivity contribution is -0.162. The molecule has 0 saturated heterocycles. The Labute approximate surface area is 112 Å². The number of carbonyl (C=O) groups is 1. The summed E-state index contributed by atoms with van der Waals surface area (Å²) in [4.78, 5) is 12.0. The highest BCUT2D eigenvalue weighted by molar-refractivity contribution is 6.78. The number of carbonyl (C=O) groups excluding carboxylic acids is 1. The monoisotopic (exact) mass is 272 g/mol. The van der Waals surface area contributed by atoms with Crippen LogP contribution in [-0.2, 0) is 9.53 Å². The molecule has 0 heterocycles. The van der Waals surface area contributed by atoms with Gasteiger partial charge in [-0.2, -0.15) is 0 Å². The van der Waals surface area contributed by atoms with E-state index in [0.29, 0.717) is 0 Å². The van der Waals surface area contributed by atoms with Gasteiger partial charge in [0, 0.05) is 0 Å². The van der Waals surface area contributed by atoms with Crippen molar-refractivity contribution in [2.75, 3.05) is 0 Å². The Bertz CT molecular complexity index is 304. The lowest BCUT2D eigenvalue weighted by Gasteiger charge is -2.43. The number of hydrogen-bond donors (Lipinski definition) is 1. The number of rotatable bonds is 2. The number of hydrogen-bond acceptors (Lipinski definition) is 3. The molecule has 1 saturated carbocycles. The van der Waals surface area contributed by atoms with Crippen molar-refractivity contribution < 1.29 is 14.6 Å². The third-order valence-corrected chi connectivity index (χ3v) is 7.24. The van der Waals surface area contributed by atoms with E-state index in [-0.39, 0.29) is 11.9 Å². The van der Waals surface area contributed by atoms with Gasteiger partial charge in [0.15, 0.2) is 0 Å². The first-order valence-corrected chi connectivity index (χ1v) is 10.4. The average Bonchev–Trinajstić information content (AvgIpc) is 2.14. The first-order chi connectivity index (χ1) is 7.95. The molecule has 0 unspecified atom stereocenters. The van der Waals surface area contributed by atoms with Crippen molar-refractivity contribution in [2.45, 2.75) is 76.9 Å². The van der Waals surface area contributed by atoms with Gasteiger partial charge in [-0.05, 0) is 46.5 Å². The molecule has 4 heteroatoms. The first-order valence-electron chi connectivity index (χ1n) is 6.90. The van der Waals surface area contributed by atoms with E-state index in [2.05, 4.69) is 19.6 Å².